The standard InChI is InChI=1S/C16H28N2O2/c1-12(2)11-18-14(19)9-10-16(18,3)15(20)17-13-7-5-4-6-8-13/h12-13H,4-11H2,1-3H3,(H,17,20). The number of carbonyl (C=O) groups is 2. The summed E-state index contributed by atoms with van der Waals surface area (Å²) in [5.41, 5.74) is -0.640. The van der Waals surface area contributed by atoms with Gasteiger partial charge in [-0.15, -0.1) is 0 Å². The molecule has 0 aromatic rings. The fourth-order valence-electron chi connectivity index (χ4n) is 3.39. The van der Waals surface area contributed by atoms with Crippen molar-refractivity contribution in [3.63, 3.8) is 0 Å². The molecule has 20 heavy (non-hydrogen) atoms. The Morgan fingerprint density at radius 3 is 2.60 bits per heavy atom. The van der Waals surface area contributed by atoms with Gasteiger partial charge >= 0.3 is 0 Å². The minimum atomic E-state index is -0.640. The zero-order valence-corrected chi connectivity index (χ0v) is 13.1. The van der Waals surface area contributed by atoms with E-state index in [1.807, 2.05) is 6.92 Å². The van der Waals surface area contributed by atoms with Crippen LogP contribution < -0.4 is 5.32 Å². The number of likely N-dealkylation sites (tertiary alicyclic amines) is 1. The van der Waals surface area contributed by atoms with E-state index in [1.54, 1.807) is 4.90 Å². The average Bonchev–Trinajstić information content (AvgIpc) is 2.69. The van der Waals surface area contributed by atoms with Crippen LogP contribution in [0.25, 0.3) is 0 Å². The van der Waals surface area contributed by atoms with Crippen molar-refractivity contribution in [2.45, 2.75) is 77.3 Å². The topological polar surface area (TPSA) is 49.4 Å². The van der Waals surface area contributed by atoms with E-state index in [0.29, 0.717) is 31.3 Å². The molecule has 0 aromatic carbocycles. The van der Waals surface area contributed by atoms with Crippen LogP contribution in [0.4, 0.5) is 0 Å². The minimum Gasteiger partial charge on any atom is -0.351 e. The second kappa shape index (κ2) is 6.15. The van der Waals surface area contributed by atoms with Crippen LogP contribution in [0.15, 0.2) is 0 Å². The summed E-state index contributed by atoms with van der Waals surface area (Å²) in [4.78, 5) is 26.5. The lowest BCUT2D eigenvalue weighted by molar-refractivity contribution is -0.141. The van der Waals surface area contributed by atoms with Gasteiger partial charge in [-0.25, -0.2) is 0 Å². The molecule has 1 aliphatic heterocycles. The quantitative estimate of drug-likeness (QED) is 0.860. The zero-order chi connectivity index (χ0) is 14.8. The van der Waals surface area contributed by atoms with Crippen molar-refractivity contribution < 1.29 is 9.59 Å². The van der Waals surface area contributed by atoms with Gasteiger partial charge in [-0.05, 0) is 32.1 Å². The molecule has 1 unspecified atom stereocenters. The average molecular weight is 280 g/mol. The Bertz CT molecular complexity index is 375. The fourth-order valence-corrected chi connectivity index (χ4v) is 3.39. The molecule has 1 saturated heterocycles. The summed E-state index contributed by atoms with van der Waals surface area (Å²) in [7, 11) is 0. The summed E-state index contributed by atoms with van der Waals surface area (Å²) < 4.78 is 0. The Balaban J connectivity index is 2.03. The molecule has 4 nitrogen and oxygen atoms in total. The first-order valence-electron chi connectivity index (χ1n) is 8.05. The van der Waals surface area contributed by atoms with Crippen LogP contribution in [0.2, 0.25) is 0 Å². The molecule has 1 heterocycles. The highest BCUT2D eigenvalue weighted by atomic mass is 16.2. The van der Waals surface area contributed by atoms with E-state index in [2.05, 4.69) is 19.2 Å². The van der Waals surface area contributed by atoms with Gasteiger partial charge in [0.15, 0.2) is 0 Å². The lowest BCUT2D eigenvalue weighted by Crippen LogP contribution is -2.57. The van der Waals surface area contributed by atoms with Gasteiger partial charge in [-0.1, -0.05) is 33.1 Å². The first kappa shape index (κ1) is 15.3. The Morgan fingerprint density at radius 2 is 2.00 bits per heavy atom. The van der Waals surface area contributed by atoms with Crippen molar-refractivity contribution in [2.75, 3.05) is 6.54 Å². The lowest BCUT2D eigenvalue weighted by atomic mass is 9.92. The van der Waals surface area contributed by atoms with Crippen LogP contribution in [0.5, 0.6) is 0 Å². The number of amides is 2. The van der Waals surface area contributed by atoms with Crippen molar-refractivity contribution in [3.05, 3.63) is 0 Å². The second-order valence-corrected chi connectivity index (χ2v) is 6.98. The van der Waals surface area contributed by atoms with Gasteiger partial charge in [0, 0.05) is 19.0 Å². The van der Waals surface area contributed by atoms with Crippen LogP contribution >= 0.6 is 0 Å². The smallest absolute Gasteiger partial charge is 0.245 e. The molecule has 0 aromatic heterocycles. The molecule has 2 fully saturated rings. The third kappa shape index (κ3) is 3.15. The second-order valence-electron chi connectivity index (χ2n) is 6.98. The molecule has 1 atom stereocenters. The normalized spacial score (nSPS) is 28.2. The predicted octanol–water partition coefficient (Wildman–Crippen LogP) is 2.47. The van der Waals surface area contributed by atoms with Gasteiger partial charge in [0.1, 0.15) is 5.54 Å². The SMILES string of the molecule is CC(C)CN1C(=O)CCC1(C)C(=O)NC1CCCCC1. The Kier molecular flexibility index (Phi) is 4.71. The van der Waals surface area contributed by atoms with E-state index in [1.165, 1.54) is 19.3 Å². The third-order valence-electron chi connectivity index (χ3n) is 4.70. The fraction of sp³-hybridized carbons (Fsp3) is 0.875. The number of nitrogens with zero attached hydrogens (tertiary/aromatic N) is 1. The summed E-state index contributed by atoms with van der Waals surface area (Å²) in [5.74, 6) is 0.565. The maximum atomic E-state index is 12.7. The van der Waals surface area contributed by atoms with Gasteiger partial charge in [0.25, 0.3) is 0 Å². The van der Waals surface area contributed by atoms with Crippen molar-refractivity contribution in [3.8, 4) is 0 Å². The Hall–Kier alpha value is -1.06. The largest absolute Gasteiger partial charge is 0.351 e. The van der Waals surface area contributed by atoms with E-state index in [9.17, 15) is 9.59 Å². The van der Waals surface area contributed by atoms with E-state index in [4.69, 9.17) is 0 Å². The third-order valence-corrected chi connectivity index (χ3v) is 4.70. The van der Waals surface area contributed by atoms with E-state index in [-0.39, 0.29) is 11.8 Å². The van der Waals surface area contributed by atoms with Crippen molar-refractivity contribution in [2.24, 2.45) is 5.92 Å². The molecule has 1 aliphatic carbocycles. The highest BCUT2D eigenvalue weighted by molar-refractivity contribution is 5.94. The maximum absolute atomic E-state index is 12.7. The molecule has 2 rings (SSSR count). The first-order valence-corrected chi connectivity index (χ1v) is 8.05. The molecule has 0 bridgehead atoms. The molecular formula is C16H28N2O2. The highest BCUT2D eigenvalue weighted by Gasteiger charge is 2.47. The maximum Gasteiger partial charge on any atom is 0.245 e. The summed E-state index contributed by atoms with van der Waals surface area (Å²) in [6.45, 7) is 6.78. The molecule has 2 aliphatic rings. The molecule has 1 saturated carbocycles. The van der Waals surface area contributed by atoms with E-state index >= 15 is 0 Å². The van der Waals surface area contributed by atoms with Gasteiger partial charge < -0.3 is 10.2 Å². The number of rotatable bonds is 4. The Labute approximate surface area is 122 Å². The van der Waals surface area contributed by atoms with Gasteiger partial charge in [0.2, 0.25) is 11.8 Å². The molecule has 2 amide bonds. The van der Waals surface area contributed by atoms with Crippen molar-refractivity contribution in [1.29, 1.82) is 0 Å². The number of carbonyl (C=O) groups excluding carboxylic acids is 2. The zero-order valence-electron chi connectivity index (χ0n) is 13.1. The summed E-state index contributed by atoms with van der Waals surface area (Å²) in [6.07, 6.45) is 7.01. The van der Waals surface area contributed by atoms with Crippen molar-refractivity contribution >= 4 is 11.8 Å². The number of hydrogen-bond donors (Lipinski definition) is 1. The molecule has 4 heteroatoms. The summed E-state index contributed by atoms with van der Waals surface area (Å²) >= 11 is 0. The molecule has 0 spiro atoms. The lowest BCUT2D eigenvalue weighted by Gasteiger charge is -2.37. The van der Waals surface area contributed by atoms with Crippen LogP contribution in [0, 0.1) is 5.92 Å². The van der Waals surface area contributed by atoms with Crippen LogP contribution in [-0.2, 0) is 9.59 Å². The number of nitrogens with one attached hydrogen (secondary N) is 1. The number of hydrogen-bond acceptors (Lipinski definition) is 2. The predicted molar refractivity (Wildman–Crippen MR) is 79.2 cm³/mol. The van der Waals surface area contributed by atoms with E-state index in [0.717, 1.165) is 12.8 Å². The van der Waals surface area contributed by atoms with Crippen LogP contribution in [-0.4, -0.2) is 34.8 Å². The van der Waals surface area contributed by atoms with Gasteiger partial charge in [0.05, 0.1) is 0 Å². The molecule has 0 radical (unpaired) electrons. The summed E-state index contributed by atoms with van der Waals surface area (Å²) in [6, 6.07) is 0.310. The Morgan fingerprint density at radius 1 is 1.35 bits per heavy atom. The first-order chi connectivity index (χ1) is 9.43. The van der Waals surface area contributed by atoms with Gasteiger partial charge in [-0.2, -0.15) is 0 Å². The monoisotopic (exact) mass is 280 g/mol. The minimum absolute atomic E-state index is 0.0518. The van der Waals surface area contributed by atoms with Crippen LogP contribution in [0.3, 0.4) is 0 Å². The van der Waals surface area contributed by atoms with Crippen molar-refractivity contribution in [1.82, 2.24) is 10.2 Å². The highest BCUT2D eigenvalue weighted by Crippen LogP contribution is 2.31. The molecule has 1 N–H and O–H groups in total. The summed E-state index contributed by atoms with van der Waals surface area (Å²) in [5, 5.41) is 3.19. The molecular weight excluding hydrogens is 252 g/mol. The van der Waals surface area contributed by atoms with Crippen LogP contribution in [0.1, 0.15) is 65.7 Å². The van der Waals surface area contributed by atoms with E-state index < -0.39 is 5.54 Å². The van der Waals surface area contributed by atoms with Gasteiger partial charge in [-0.3, -0.25) is 9.59 Å². The molecule has 114 valence electrons.